The molecule has 0 fully saturated rings. The zero-order chi connectivity index (χ0) is 14.6. The first-order valence-corrected chi connectivity index (χ1v) is 6.80. The third-order valence-electron chi connectivity index (χ3n) is 2.66. The van der Waals surface area contributed by atoms with E-state index in [2.05, 4.69) is 0 Å². The van der Waals surface area contributed by atoms with Crippen LogP contribution in [0.3, 0.4) is 0 Å². The van der Waals surface area contributed by atoms with Crippen LogP contribution in [0, 0.1) is 0 Å². The molecule has 2 nitrogen and oxygen atoms in total. The van der Waals surface area contributed by atoms with E-state index in [1.807, 2.05) is 12.1 Å². The number of alkyl halides is 3. The molecule has 0 radical (unpaired) electrons. The Labute approximate surface area is 117 Å². The van der Waals surface area contributed by atoms with Gasteiger partial charge in [0, 0.05) is 5.75 Å². The number of thioether (sulfide) groups is 1. The van der Waals surface area contributed by atoms with Crippen molar-refractivity contribution in [3.05, 3.63) is 42.0 Å². The largest absolute Gasteiger partial charge is 0.492 e. The van der Waals surface area contributed by atoms with Crippen LogP contribution in [0.1, 0.15) is 10.4 Å². The first-order valence-electron chi connectivity index (χ1n) is 5.81. The maximum absolute atomic E-state index is 12.0. The second kappa shape index (κ2) is 6.17. The lowest BCUT2D eigenvalue weighted by Gasteiger charge is -2.11. The number of benzene rings is 2. The summed E-state index contributed by atoms with van der Waals surface area (Å²) in [4.78, 5) is 11.2. The number of hydrogen-bond donors (Lipinski definition) is 0. The van der Waals surface area contributed by atoms with Crippen molar-refractivity contribution >= 4 is 28.8 Å². The number of halogens is 3. The van der Waals surface area contributed by atoms with Gasteiger partial charge in [-0.05, 0) is 28.6 Å². The van der Waals surface area contributed by atoms with Crippen molar-refractivity contribution in [2.24, 2.45) is 0 Å². The van der Waals surface area contributed by atoms with Gasteiger partial charge in [0.15, 0.2) is 6.29 Å². The van der Waals surface area contributed by atoms with Gasteiger partial charge in [-0.2, -0.15) is 13.2 Å². The number of hydrogen-bond acceptors (Lipinski definition) is 3. The minimum absolute atomic E-state index is 0.108. The maximum Gasteiger partial charge on any atom is 0.441 e. The van der Waals surface area contributed by atoms with Gasteiger partial charge in [0.1, 0.15) is 5.75 Å². The molecule has 0 aliphatic carbocycles. The quantitative estimate of drug-likeness (QED) is 0.609. The molecule has 20 heavy (non-hydrogen) atoms. The van der Waals surface area contributed by atoms with Gasteiger partial charge in [0.2, 0.25) is 0 Å². The molecule has 0 aromatic heterocycles. The summed E-state index contributed by atoms with van der Waals surface area (Å²) >= 11 is -0.143. The van der Waals surface area contributed by atoms with Crippen LogP contribution in [0.15, 0.2) is 36.4 Å². The standard InChI is InChI=1S/C14H11F3O2S/c15-14(16,17)20-8-7-19-13-6-5-10-3-1-2-4-11(10)12(13)9-18/h1-6,9H,7-8H2. The molecule has 0 N–H and O–H groups in total. The molecule has 2 aromatic carbocycles. The molecule has 0 saturated carbocycles. The highest BCUT2D eigenvalue weighted by atomic mass is 32.2. The highest BCUT2D eigenvalue weighted by Gasteiger charge is 2.27. The summed E-state index contributed by atoms with van der Waals surface area (Å²) in [7, 11) is 0. The molecule has 6 heteroatoms. The van der Waals surface area contributed by atoms with Gasteiger partial charge in [0.25, 0.3) is 0 Å². The van der Waals surface area contributed by atoms with Crippen molar-refractivity contribution in [3.8, 4) is 5.75 Å². The van der Waals surface area contributed by atoms with E-state index in [1.54, 1.807) is 24.3 Å². The minimum atomic E-state index is -4.26. The summed E-state index contributed by atoms with van der Waals surface area (Å²) in [5, 5.41) is 1.61. The zero-order valence-electron chi connectivity index (χ0n) is 10.3. The number of aldehydes is 1. The van der Waals surface area contributed by atoms with Crippen molar-refractivity contribution in [3.63, 3.8) is 0 Å². The topological polar surface area (TPSA) is 26.3 Å². The lowest BCUT2D eigenvalue weighted by molar-refractivity contribution is -0.0329. The summed E-state index contributed by atoms with van der Waals surface area (Å²) < 4.78 is 41.2. The van der Waals surface area contributed by atoms with Crippen molar-refractivity contribution in [2.75, 3.05) is 12.4 Å². The summed E-state index contributed by atoms with van der Waals surface area (Å²) in [5.41, 5.74) is -3.90. The van der Waals surface area contributed by atoms with Gasteiger partial charge >= 0.3 is 5.51 Å². The maximum atomic E-state index is 12.0. The predicted octanol–water partition coefficient (Wildman–Crippen LogP) is 4.28. The molecular formula is C14H11F3O2S. The smallest absolute Gasteiger partial charge is 0.441 e. The molecule has 0 saturated heterocycles. The molecule has 0 spiro atoms. The number of rotatable bonds is 5. The fourth-order valence-corrected chi connectivity index (χ4v) is 2.23. The zero-order valence-corrected chi connectivity index (χ0v) is 11.1. The second-order valence-corrected chi connectivity index (χ2v) is 5.12. The third kappa shape index (κ3) is 3.66. The molecule has 0 amide bonds. The first kappa shape index (κ1) is 14.7. The van der Waals surface area contributed by atoms with E-state index in [0.29, 0.717) is 17.6 Å². The average molecular weight is 300 g/mol. The second-order valence-electron chi connectivity index (χ2n) is 3.96. The van der Waals surface area contributed by atoms with E-state index in [1.165, 1.54) is 0 Å². The van der Waals surface area contributed by atoms with Crippen LogP contribution in [-0.2, 0) is 0 Å². The van der Waals surface area contributed by atoms with E-state index < -0.39 is 5.51 Å². The minimum Gasteiger partial charge on any atom is -0.492 e. The van der Waals surface area contributed by atoms with Crippen molar-refractivity contribution < 1.29 is 22.7 Å². The van der Waals surface area contributed by atoms with Crippen molar-refractivity contribution in [1.29, 1.82) is 0 Å². The molecule has 2 aromatic rings. The Balaban J connectivity index is 2.12. The lowest BCUT2D eigenvalue weighted by Crippen LogP contribution is -2.08. The molecule has 0 bridgehead atoms. The van der Waals surface area contributed by atoms with Gasteiger partial charge < -0.3 is 4.74 Å². The molecule has 0 atom stereocenters. The normalized spacial score (nSPS) is 11.6. The van der Waals surface area contributed by atoms with Gasteiger partial charge in [-0.25, -0.2) is 0 Å². The van der Waals surface area contributed by atoms with Crippen LogP contribution in [0.25, 0.3) is 10.8 Å². The first-order chi connectivity index (χ1) is 9.51. The Morgan fingerprint density at radius 2 is 1.90 bits per heavy atom. The van der Waals surface area contributed by atoms with Crippen LogP contribution in [0.5, 0.6) is 5.75 Å². The SMILES string of the molecule is O=Cc1c(OCCSC(F)(F)F)ccc2ccccc12. The molecule has 106 valence electrons. The van der Waals surface area contributed by atoms with E-state index in [9.17, 15) is 18.0 Å². The Morgan fingerprint density at radius 1 is 1.15 bits per heavy atom. The molecule has 0 aliphatic heterocycles. The average Bonchev–Trinajstić information content (AvgIpc) is 2.42. The molecule has 0 aliphatic rings. The summed E-state index contributed by atoms with van der Waals surface area (Å²) in [6.07, 6.45) is 0.661. The number of fused-ring (bicyclic) bond motifs is 1. The fourth-order valence-electron chi connectivity index (χ4n) is 1.83. The van der Waals surface area contributed by atoms with Crippen LogP contribution < -0.4 is 4.74 Å². The molecule has 0 heterocycles. The molecule has 2 rings (SSSR count). The molecule has 0 unspecified atom stereocenters. The van der Waals surface area contributed by atoms with Gasteiger partial charge in [-0.15, -0.1) is 0 Å². The summed E-state index contributed by atoms with van der Waals surface area (Å²) in [6.45, 7) is -0.108. The number of carbonyl (C=O) groups is 1. The van der Waals surface area contributed by atoms with Crippen LogP contribution >= 0.6 is 11.8 Å². The Morgan fingerprint density at radius 3 is 2.60 bits per heavy atom. The van der Waals surface area contributed by atoms with E-state index in [-0.39, 0.29) is 24.1 Å². The van der Waals surface area contributed by atoms with Crippen LogP contribution in [-0.4, -0.2) is 24.2 Å². The van der Waals surface area contributed by atoms with Gasteiger partial charge in [-0.3, -0.25) is 4.79 Å². The van der Waals surface area contributed by atoms with Gasteiger partial charge in [-0.1, -0.05) is 30.3 Å². The Kier molecular flexibility index (Phi) is 4.54. The summed E-state index contributed by atoms with van der Waals surface area (Å²) in [5.74, 6) is 0.0933. The van der Waals surface area contributed by atoms with Crippen molar-refractivity contribution in [1.82, 2.24) is 0 Å². The monoisotopic (exact) mass is 300 g/mol. The highest BCUT2D eigenvalue weighted by molar-refractivity contribution is 8.00. The highest BCUT2D eigenvalue weighted by Crippen LogP contribution is 2.30. The van der Waals surface area contributed by atoms with E-state index >= 15 is 0 Å². The fraction of sp³-hybridized carbons (Fsp3) is 0.214. The predicted molar refractivity (Wildman–Crippen MR) is 73.3 cm³/mol. The van der Waals surface area contributed by atoms with Gasteiger partial charge in [0.05, 0.1) is 12.2 Å². The Bertz CT molecular complexity index is 611. The van der Waals surface area contributed by atoms with Crippen molar-refractivity contribution in [2.45, 2.75) is 5.51 Å². The van der Waals surface area contributed by atoms with E-state index in [4.69, 9.17) is 4.74 Å². The number of carbonyl (C=O) groups excluding carboxylic acids is 1. The summed E-state index contributed by atoms with van der Waals surface area (Å²) in [6, 6.07) is 10.6. The van der Waals surface area contributed by atoms with E-state index in [0.717, 1.165) is 10.8 Å². The molecular weight excluding hydrogens is 289 g/mol. The number of ether oxygens (including phenoxy) is 1. The Hall–Kier alpha value is -1.69. The lowest BCUT2D eigenvalue weighted by atomic mass is 10.0. The van der Waals surface area contributed by atoms with Crippen LogP contribution in [0.4, 0.5) is 13.2 Å². The third-order valence-corrected chi connectivity index (χ3v) is 3.35. The van der Waals surface area contributed by atoms with Crippen LogP contribution in [0.2, 0.25) is 0 Å².